The molecule has 98 valence electrons. The van der Waals surface area contributed by atoms with Crippen LogP contribution in [0.5, 0.6) is 0 Å². The van der Waals surface area contributed by atoms with Crippen LogP contribution in [0.4, 0.5) is 5.69 Å². The molecule has 2 saturated carbocycles. The summed E-state index contributed by atoms with van der Waals surface area (Å²) in [6, 6.07) is 7.42. The Bertz CT molecular complexity index is 540. The van der Waals surface area contributed by atoms with Crippen molar-refractivity contribution in [3.63, 3.8) is 0 Å². The van der Waals surface area contributed by atoms with Crippen LogP contribution in [0.2, 0.25) is 0 Å². The summed E-state index contributed by atoms with van der Waals surface area (Å²) in [6.45, 7) is 0. The molecule has 1 heterocycles. The molecule has 0 radical (unpaired) electrons. The van der Waals surface area contributed by atoms with Gasteiger partial charge in [-0.2, -0.15) is 0 Å². The number of nitrogens with zero attached hydrogens (tertiary/aromatic N) is 1. The third-order valence-electron chi connectivity index (χ3n) is 5.01. The van der Waals surface area contributed by atoms with Crippen molar-refractivity contribution in [1.82, 2.24) is 0 Å². The largest absolute Gasteiger partial charge is 0.274 e. The van der Waals surface area contributed by atoms with Gasteiger partial charge in [-0.3, -0.25) is 14.5 Å². The highest BCUT2D eigenvalue weighted by Crippen LogP contribution is 2.56. The number of fused-ring (bicyclic) bond motifs is 5. The van der Waals surface area contributed by atoms with Gasteiger partial charge in [0.05, 0.1) is 17.5 Å². The van der Waals surface area contributed by atoms with Crippen molar-refractivity contribution in [2.24, 2.45) is 23.7 Å². The zero-order valence-corrected chi connectivity index (χ0v) is 12.0. The van der Waals surface area contributed by atoms with E-state index in [1.807, 2.05) is 24.3 Å². The normalized spacial score (nSPS) is 36.2. The second-order valence-electron chi connectivity index (χ2n) is 5.87. The number of imide groups is 1. The maximum atomic E-state index is 12.6. The molecule has 3 fully saturated rings. The van der Waals surface area contributed by atoms with E-state index in [-0.39, 0.29) is 23.7 Å². The van der Waals surface area contributed by atoms with E-state index in [4.69, 9.17) is 0 Å². The Kier molecular flexibility index (Phi) is 2.40. The molecule has 2 aliphatic carbocycles. The van der Waals surface area contributed by atoms with E-state index >= 15 is 0 Å². The van der Waals surface area contributed by atoms with Crippen LogP contribution in [0.3, 0.4) is 0 Å². The minimum absolute atomic E-state index is 0.0320. The first-order valence-electron chi connectivity index (χ1n) is 6.80. The molecule has 2 bridgehead atoms. The van der Waals surface area contributed by atoms with Crippen molar-refractivity contribution in [2.75, 3.05) is 4.90 Å². The lowest BCUT2D eigenvalue weighted by molar-refractivity contribution is -0.123. The second kappa shape index (κ2) is 3.92. The van der Waals surface area contributed by atoms with Gasteiger partial charge in [0.1, 0.15) is 0 Å². The number of halogens is 1. The molecular weight excluding hydrogens is 306 g/mol. The summed E-state index contributed by atoms with van der Waals surface area (Å²) in [6.07, 6.45) is 3.33. The molecule has 0 spiro atoms. The number of hydrogen-bond donors (Lipinski definition) is 0. The first-order chi connectivity index (χ1) is 9.16. The van der Waals surface area contributed by atoms with E-state index in [1.54, 1.807) is 0 Å². The van der Waals surface area contributed by atoms with Gasteiger partial charge in [0.25, 0.3) is 0 Å². The van der Waals surface area contributed by atoms with Crippen LogP contribution in [-0.2, 0) is 9.59 Å². The Hall–Kier alpha value is -1.16. The summed E-state index contributed by atoms with van der Waals surface area (Å²) in [5, 5.41) is 0. The molecule has 1 aromatic carbocycles. The first kappa shape index (κ1) is 11.6. The van der Waals surface area contributed by atoms with Crippen molar-refractivity contribution in [3.8, 4) is 0 Å². The van der Waals surface area contributed by atoms with Crippen molar-refractivity contribution in [1.29, 1.82) is 0 Å². The van der Waals surface area contributed by atoms with Crippen LogP contribution in [-0.4, -0.2) is 11.8 Å². The third kappa shape index (κ3) is 1.49. The number of amides is 2. The quantitative estimate of drug-likeness (QED) is 0.746. The fraction of sp³-hybridized carbons (Fsp3) is 0.467. The molecule has 1 saturated heterocycles. The molecule has 1 aliphatic heterocycles. The molecule has 0 N–H and O–H groups in total. The maximum absolute atomic E-state index is 12.6. The molecule has 4 atom stereocenters. The zero-order valence-electron chi connectivity index (χ0n) is 10.4. The van der Waals surface area contributed by atoms with E-state index in [0.717, 1.165) is 23.7 Å². The highest BCUT2D eigenvalue weighted by atomic mass is 79.9. The summed E-state index contributed by atoms with van der Waals surface area (Å²) in [7, 11) is 0. The van der Waals surface area contributed by atoms with Gasteiger partial charge in [0, 0.05) is 4.47 Å². The number of anilines is 1. The van der Waals surface area contributed by atoms with E-state index in [2.05, 4.69) is 15.9 Å². The van der Waals surface area contributed by atoms with Crippen LogP contribution in [0.15, 0.2) is 28.7 Å². The Morgan fingerprint density at radius 3 is 2.00 bits per heavy atom. The van der Waals surface area contributed by atoms with Gasteiger partial charge in [0.2, 0.25) is 11.8 Å². The van der Waals surface area contributed by atoms with Crippen molar-refractivity contribution < 1.29 is 9.59 Å². The van der Waals surface area contributed by atoms with Gasteiger partial charge in [-0.1, -0.05) is 15.9 Å². The summed E-state index contributed by atoms with van der Waals surface area (Å²) in [5.41, 5.74) is 0.715. The first-order valence-corrected chi connectivity index (χ1v) is 7.59. The summed E-state index contributed by atoms with van der Waals surface area (Å²) >= 11 is 3.37. The number of carbonyl (C=O) groups excluding carboxylic acids is 2. The van der Waals surface area contributed by atoms with Crippen LogP contribution >= 0.6 is 15.9 Å². The Balaban J connectivity index is 1.73. The smallest absolute Gasteiger partial charge is 0.237 e. The number of hydrogen-bond acceptors (Lipinski definition) is 2. The lowest BCUT2D eigenvalue weighted by atomic mass is 9.81. The standard InChI is InChI=1S/C15H14BrNO2/c16-10-3-5-11(6-4-10)17-14(18)12-8-1-2-9(7-8)13(12)15(17)19/h3-6,8-9,12-13H,1-2,7H2/t8-,9+,12-,13+. The Morgan fingerprint density at radius 2 is 1.47 bits per heavy atom. The molecule has 4 heteroatoms. The van der Waals surface area contributed by atoms with Crippen LogP contribution in [0.1, 0.15) is 19.3 Å². The van der Waals surface area contributed by atoms with Crippen LogP contribution in [0.25, 0.3) is 0 Å². The maximum Gasteiger partial charge on any atom is 0.237 e. The minimum atomic E-state index is -0.0325. The van der Waals surface area contributed by atoms with E-state index in [0.29, 0.717) is 17.5 Å². The SMILES string of the molecule is O=C1[C@@H]2[C@@H]3CC[C@@H](C3)[C@@H]2C(=O)N1c1ccc(Br)cc1. The van der Waals surface area contributed by atoms with Gasteiger partial charge in [-0.25, -0.2) is 0 Å². The molecule has 4 rings (SSSR count). The number of rotatable bonds is 1. The molecular formula is C15H14BrNO2. The van der Waals surface area contributed by atoms with E-state index in [1.165, 1.54) is 4.90 Å². The minimum Gasteiger partial charge on any atom is -0.274 e. The topological polar surface area (TPSA) is 37.4 Å². The summed E-state index contributed by atoms with van der Waals surface area (Å²) in [5.74, 6) is 0.901. The molecule has 3 aliphatic rings. The predicted octanol–water partition coefficient (Wildman–Crippen LogP) is 2.98. The van der Waals surface area contributed by atoms with Crippen molar-refractivity contribution >= 4 is 33.4 Å². The zero-order chi connectivity index (χ0) is 13.1. The fourth-order valence-electron chi connectivity index (χ4n) is 4.25. The molecule has 19 heavy (non-hydrogen) atoms. The highest BCUT2D eigenvalue weighted by molar-refractivity contribution is 9.10. The van der Waals surface area contributed by atoms with Crippen molar-refractivity contribution in [2.45, 2.75) is 19.3 Å². The average molecular weight is 320 g/mol. The molecule has 2 amide bonds. The van der Waals surface area contributed by atoms with Crippen LogP contribution < -0.4 is 4.90 Å². The molecule has 0 unspecified atom stereocenters. The molecule has 3 nitrogen and oxygen atoms in total. The fourth-order valence-corrected chi connectivity index (χ4v) is 4.52. The second-order valence-corrected chi connectivity index (χ2v) is 6.79. The van der Waals surface area contributed by atoms with Gasteiger partial charge >= 0.3 is 0 Å². The van der Waals surface area contributed by atoms with Gasteiger partial charge in [-0.05, 0) is 55.4 Å². The number of benzene rings is 1. The van der Waals surface area contributed by atoms with E-state index in [9.17, 15) is 9.59 Å². The molecule has 0 aromatic heterocycles. The predicted molar refractivity (Wildman–Crippen MR) is 74.4 cm³/mol. The van der Waals surface area contributed by atoms with Crippen LogP contribution in [0, 0.1) is 23.7 Å². The van der Waals surface area contributed by atoms with Gasteiger partial charge in [-0.15, -0.1) is 0 Å². The third-order valence-corrected chi connectivity index (χ3v) is 5.54. The lowest BCUT2D eigenvalue weighted by Gasteiger charge is -2.19. The Labute approximate surface area is 120 Å². The van der Waals surface area contributed by atoms with Crippen molar-refractivity contribution in [3.05, 3.63) is 28.7 Å². The monoisotopic (exact) mass is 319 g/mol. The Morgan fingerprint density at radius 1 is 0.947 bits per heavy atom. The average Bonchev–Trinajstić information content (AvgIpc) is 3.06. The van der Waals surface area contributed by atoms with Gasteiger partial charge < -0.3 is 0 Å². The number of carbonyl (C=O) groups is 2. The highest BCUT2D eigenvalue weighted by Gasteiger charge is 2.61. The summed E-state index contributed by atoms with van der Waals surface area (Å²) < 4.78 is 0.954. The van der Waals surface area contributed by atoms with Gasteiger partial charge in [0.15, 0.2) is 0 Å². The summed E-state index contributed by atoms with van der Waals surface area (Å²) in [4.78, 5) is 26.6. The van der Waals surface area contributed by atoms with E-state index < -0.39 is 0 Å². The molecule has 1 aromatic rings. The lowest BCUT2D eigenvalue weighted by Crippen LogP contribution is -2.32.